The molecule has 9 heteroatoms. The molecular weight excluding hydrogens is 248 g/mol. The van der Waals surface area contributed by atoms with Crippen molar-refractivity contribution in [1.82, 2.24) is 9.36 Å². The van der Waals surface area contributed by atoms with E-state index in [-0.39, 0.29) is 17.6 Å². The number of aromatic nitrogens is 2. The lowest BCUT2D eigenvalue weighted by Crippen LogP contribution is -2.17. The molecule has 0 atom stereocenters. The van der Waals surface area contributed by atoms with Crippen molar-refractivity contribution in [2.75, 3.05) is 11.9 Å². The minimum Gasteiger partial charge on any atom is -0.476 e. The molecule has 0 radical (unpaired) electrons. The summed E-state index contributed by atoms with van der Waals surface area (Å²) >= 11 is 0.816. The van der Waals surface area contributed by atoms with Gasteiger partial charge in [0.1, 0.15) is 0 Å². The predicted octanol–water partition coefficient (Wildman–Crippen LogP) is -0.455. The minimum absolute atomic E-state index is 0.154. The summed E-state index contributed by atoms with van der Waals surface area (Å²) in [5.74, 6) is 0.593. The van der Waals surface area contributed by atoms with E-state index >= 15 is 0 Å². The van der Waals surface area contributed by atoms with Crippen molar-refractivity contribution in [2.24, 2.45) is 5.16 Å². The summed E-state index contributed by atoms with van der Waals surface area (Å²) in [6, 6.07) is 0. The molecule has 88 valence electrons. The standard InChI is InChI=1S/C8H6N4O4S/c1-2-3-16-11-5(7(14)15)6-10-8(9-4-13)17-12-6/h1,4H,3H2,(H,14,15)(H,9,10,12,13). The number of nitrogens with zero attached hydrogens (tertiary/aromatic N) is 3. The third-order valence-corrected chi connectivity index (χ3v) is 1.97. The molecule has 0 aliphatic rings. The van der Waals surface area contributed by atoms with Crippen molar-refractivity contribution in [1.29, 1.82) is 0 Å². The molecule has 0 aliphatic heterocycles. The topological polar surface area (TPSA) is 114 Å². The van der Waals surface area contributed by atoms with Gasteiger partial charge < -0.3 is 15.3 Å². The molecule has 0 saturated heterocycles. The molecule has 1 heterocycles. The van der Waals surface area contributed by atoms with E-state index in [9.17, 15) is 9.59 Å². The van der Waals surface area contributed by atoms with Gasteiger partial charge in [-0.3, -0.25) is 4.79 Å². The van der Waals surface area contributed by atoms with E-state index in [0.717, 1.165) is 11.5 Å². The van der Waals surface area contributed by atoms with Crippen LogP contribution >= 0.6 is 11.5 Å². The number of carboxylic acid groups (broad SMARTS) is 1. The average Bonchev–Trinajstić information content (AvgIpc) is 2.73. The Bertz CT molecular complexity index is 490. The number of terminal acetylenes is 1. The highest BCUT2D eigenvalue weighted by molar-refractivity contribution is 7.10. The minimum atomic E-state index is -1.36. The average molecular weight is 254 g/mol. The maximum atomic E-state index is 10.8. The number of aliphatic carboxylic acids is 1. The molecule has 0 saturated carbocycles. The molecule has 0 aliphatic carbocycles. The molecule has 1 aromatic rings. The number of nitrogens with one attached hydrogen (secondary N) is 1. The molecule has 0 fully saturated rings. The van der Waals surface area contributed by atoms with E-state index in [2.05, 4.69) is 30.6 Å². The van der Waals surface area contributed by atoms with E-state index in [1.165, 1.54) is 0 Å². The van der Waals surface area contributed by atoms with Crippen LogP contribution in [0.1, 0.15) is 5.82 Å². The van der Waals surface area contributed by atoms with E-state index in [4.69, 9.17) is 11.5 Å². The first kappa shape index (κ1) is 12.6. The third-order valence-electron chi connectivity index (χ3n) is 1.33. The number of hydrogen-bond acceptors (Lipinski definition) is 7. The maximum Gasteiger partial charge on any atom is 0.362 e. The van der Waals surface area contributed by atoms with E-state index in [1.807, 2.05) is 0 Å². The SMILES string of the molecule is C#CCON=C(C(=O)O)c1nsc(NC=O)n1. The predicted molar refractivity (Wildman–Crippen MR) is 58.6 cm³/mol. The number of carbonyl (C=O) groups is 2. The second kappa shape index (κ2) is 6.19. The first-order valence-corrected chi connectivity index (χ1v) is 4.87. The zero-order valence-corrected chi connectivity index (χ0v) is 9.10. The van der Waals surface area contributed by atoms with Crippen LogP contribution in [0.4, 0.5) is 5.13 Å². The van der Waals surface area contributed by atoms with E-state index in [1.54, 1.807) is 0 Å². The number of carboxylic acids is 1. The number of rotatable bonds is 6. The molecule has 0 unspecified atom stereocenters. The number of oxime groups is 1. The highest BCUT2D eigenvalue weighted by Crippen LogP contribution is 2.10. The summed E-state index contributed by atoms with van der Waals surface area (Å²) in [7, 11) is 0. The van der Waals surface area contributed by atoms with Crippen LogP contribution in [-0.2, 0) is 14.4 Å². The van der Waals surface area contributed by atoms with Crippen LogP contribution < -0.4 is 5.32 Å². The van der Waals surface area contributed by atoms with Gasteiger partial charge >= 0.3 is 5.97 Å². The Labute approximate surface area is 99.5 Å². The van der Waals surface area contributed by atoms with Crippen molar-refractivity contribution in [3.8, 4) is 12.3 Å². The lowest BCUT2D eigenvalue weighted by atomic mass is 10.4. The van der Waals surface area contributed by atoms with Gasteiger partial charge in [0.2, 0.25) is 23.1 Å². The van der Waals surface area contributed by atoms with Gasteiger partial charge in [0, 0.05) is 11.5 Å². The number of carbonyl (C=O) groups excluding carboxylic acids is 1. The van der Waals surface area contributed by atoms with Crippen LogP contribution in [0.5, 0.6) is 0 Å². The van der Waals surface area contributed by atoms with Gasteiger partial charge in [-0.2, -0.15) is 9.36 Å². The van der Waals surface area contributed by atoms with Crippen molar-refractivity contribution in [3.63, 3.8) is 0 Å². The van der Waals surface area contributed by atoms with Crippen LogP contribution in [0.3, 0.4) is 0 Å². The van der Waals surface area contributed by atoms with Crippen molar-refractivity contribution < 1.29 is 19.5 Å². The fraction of sp³-hybridized carbons (Fsp3) is 0.125. The van der Waals surface area contributed by atoms with Crippen molar-refractivity contribution >= 4 is 34.8 Å². The summed E-state index contributed by atoms with van der Waals surface area (Å²) in [5, 5.41) is 14.5. The molecule has 0 bridgehead atoms. The zero-order valence-electron chi connectivity index (χ0n) is 8.28. The van der Waals surface area contributed by atoms with Gasteiger partial charge in [0.05, 0.1) is 0 Å². The van der Waals surface area contributed by atoms with Gasteiger partial charge in [-0.05, 0) is 0 Å². The Kier molecular flexibility index (Phi) is 4.58. The van der Waals surface area contributed by atoms with Crippen LogP contribution in [0.2, 0.25) is 0 Å². The monoisotopic (exact) mass is 254 g/mol. The number of hydrogen-bond donors (Lipinski definition) is 2. The highest BCUT2D eigenvalue weighted by Gasteiger charge is 2.19. The zero-order chi connectivity index (χ0) is 12.7. The van der Waals surface area contributed by atoms with Gasteiger partial charge in [-0.15, -0.1) is 6.42 Å². The van der Waals surface area contributed by atoms with Gasteiger partial charge in [0.15, 0.2) is 6.61 Å². The molecular formula is C8H6N4O4S. The fourth-order valence-corrected chi connectivity index (χ4v) is 1.27. The summed E-state index contributed by atoms with van der Waals surface area (Å²) in [5.41, 5.74) is -0.490. The first-order valence-electron chi connectivity index (χ1n) is 4.10. The van der Waals surface area contributed by atoms with Gasteiger partial charge in [0.25, 0.3) is 0 Å². The van der Waals surface area contributed by atoms with Crippen molar-refractivity contribution in [2.45, 2.75) is 0 Å². The van der Waals surface area contributed by atoms with Crippen LogP contribution in [0.25, 0.3) is 0 Å². The smallest absolute Gasteiger partial charge is 0.362 e. The largest absolute Gasteiger partial charge is 0.476 e. The fourth-order valence-electron chi connectivity index (χ4n) is 0.738. The van der Waals surface area contributed by atoms with Gasteiger partial charge in [-0.25, -0.2) is 4.79 Å². The Morgan fingerprint density at radius 2 is 2.53 bits per heavy atom. The second-order valence-electron chi connectivity index (χ2n) is 2.41. The molecule has 1 aromatic heterocycles. The molecule has 8 nitrogen and oxygen atoms in total. The maximum absolute atomic E-state index is 10.8. The lowest BCUT2D eigenvalue weighted by molar-refractivity contribution is -0.129. The van der Waals surface area contributed by atoms with Gasteiger partial charge in [-0.1, -0.05) is 11.1 Å². The Morgan fingerprint density at radius 1 is 1.76 bits per heavy atom. The van der Waals surface area contributed by atoms with Crippen LogP contribution in [0.15, 0.2) is 5.16 Å². The van der Waals surface area contributed by atoms with E-state index in [0.29, 0.717) is 6.41 Å². The molecule has 1 rings (SSSR count). The molecule has 17 heavy (non-hydrogen) atoms. The normalized spacial score (nSPS) is 10.4. The molecule has 2 N–H and O–H groups in total. The molecule has 0 spiro atoms. The second-order valence-corrected chi connectivity index (χ2v) is 3.16. The van der Waals surface area contributed by atoms with Crippen molar-refractivity contribution in [3.05, 3.63) is 5.82 Å². The number of amides is 1. The quantitative estimate of drug-likeness (QED) is 0.233. The molecule has 0 aromatic carbocycles. The summed E-state index contributed by atoms with van der Waals surface area (Å²) in [6.07, 6.45) is 5.30. The summed E-state index contributed by atoms with van der Waals surface area (Å²) in [6.45, 7) is -0.166. The Morgan fingerprint density at radius 3 is 3.12 bits per heavy atom. The Balaban J connectivity index is 2.90. The highest BCUT2D eigenvalue weighted by atomic mass is 32.1. The Hall–Kier alpha value is -2.47. The molecule has 1 amide bonds. The first-order chi connectivity index (χ1) is 8.19. The third kappa shape index (κ3) is 3.54. The summed E-state index contributed by atoms with van der Waals surface area (Å²) in [4.78, 5) is 29.2. The number of anilines is 1. The van der Waals surface area contributed by atoms with E-state index < -0.39 is 11.7 Å². The van der Waals surface area contributed by atoms with Crippen LogP contribution in [-0.4, -0.2) is 39.2 Å². The summed E-state index contributed by atoms with van der Waals surface area (Å²) < 4.78 is 3.70. The van der Waals surface area contributed by atoms with Crippen LogP contribution in [0, 0.1) is 12.3 Å². The lowest BCUT2D eigenvalue weighted by Gasteiger charge is -1.95.